The predicted octanol–water partition coefficient (Wildman–Crippen LogP) is 5.81. The van der Waals surface area contributed by atoms with Crippen LogP contribution in [0.2, 0.25) is 0 Å². The smallest absolute Gasteiger partial charge is 0.267 e. The lowest BCUT2D eigenvalue weighted by molar-refractivity contribution is -0.182. The van der Waals surface area contributed by atoms with Crippen LogP contribution in [-0.2, 0) is 0 Å². The van der Waals surface area contributed by atoms with Gasteiger partial charge in [-0.3, -0.25) is 4.68 Å². The third kappa shape index (κ3) is 2.78. The van der Waals surface area contributed by atoms with E-state index >= 15 is 0 Å². The van der Waals surface area contributed by atoms with Gasteiger partial charge in [-0.25, -0.2) is 0 Å². The molecule has 1 heterocycles. The van der Waals surface area contributed by atoms with Gasteiger partial charge in [0, 0.05) is 23.6 Å². The lowest BCUT2D eigenvalue weighted by atomic mass is 9.80. The highest BCUT2D eigenvalue weighted by atomic mass is 19.4. The summed E-state index contributed by atoms with van der Waals surface area (Å²) in [5.74, 6) is 1.44. The molecule has 2 nitrogen and oxygen atoms in total. The molecular formula is C19H27F3N2. The fraction of sp³-hybridized carbons (Fsp3) is 0.842. The molecule has 0 radical (unpaired) electrons. The Bertz CT molecular complexity index is 586. The molecule has 3 aliphatic rings. The Hall–Kier alpha value is -1.00. The van der Waals surface area contributed by atoms with Crippen LogP contribution in [0.3, 0.4) is 0 Å². The van der Waals surface area contributed by atoms with Gasteiger partial charge in [-0.15, -0.1) is 0 Å². The SMILES string of the molecule is CC(C)n1nc([C@H]2CC[C@H](C(F)(F)F)CC2)cc1[C@H]1[C@@H]2CCC[C@@H]21. The lowest BCUT2D eigenvalue weighted by Gasteiger charge is -2.28. The molecule has 1 aromatic heterocycles. The fourth-order valence-corrected chi connectivity index (χ4v) is 5.27. The number of nitrogens with zero attached hydrogens (tertiary/aromatic N) is 2. The summed E-state index contributed by atoms with van der Waals surface area (Å²) in [6, 6.07) is 2.56. The Labute approximate surface area is 141 Å². The Balaban J connectivity index is 1.50. The van der Waals surface area contributed by atoms with E-state index in [0.29, 0.717) is 24.8 Å². The first kappa shape index (κ1) is 16.5. The first-order valence-electron chi connectivity index (χ1n) is 9.52. The third-order valence-electron chi connectivity index (χ3n) is 6.63. The summed E-state index contributed by atoms with van der Waals surface area (Å²) in [7, 11) is 0. The quantitative estimate of drug-likeness (QED) is 0.678. The average molecular weight is 340 g/mol. The highest BCUT2D eigenvalue weighted by Crippen LogP contribution is 2.63. The highest BCUT2D eigenvalue weighted by Gasteiger charge is 2.54. The molecule has 0 bridgehead atoms. The molecule has 0 unspecified atom stereocenters. The van der Waals surface area contributed by atoms with Crippen molar-refractivity contribution in [3.63, 3.8) is 0 Å². The molecule has 0 spiro atoms. The van der Waals surface area contributed by atoms with E-state index in [0.717, 1.165) is 17.5 Å². The third-order valence-corrected chi connectivity index (χ3v) is 6.63. The summed E-state index contributed by atoms with van der Waals surface area (Å²) in [4.78, 5) is 0. The van der Waals surface area contributed by atoms with Gasteiger partial charge < -0.3 is 0 Å². The standard InChI is InChI=1S/C19H27F3N2/c1-11(2)24-17(18-14-4-3-5-15(14)18)10-16(23-24)12-6-8-13(9-7-12)19(20,21)22/h10-15,18H,3-9H2,1-2H3/t12-,13-,14-,15+,18+. The molecule has 0 saturated heterocycles. The zero-order chi connectivity index (χ0) is 17.1. The first-order chi connectivity index (χ1) is 11.4. The van der Waals surface area contributed by atoms with Crippen LogP contribution in [0.15, 0.2) is 6.07 Å². The van der Waals surface area contributed by atoms with Crippen molar-refractivity contribution in [3.8, 4) is 0 Å². The first-order valence-corrected chi connectivity index (χ1v) is 9.52. The molecule has 3 fully saturated rings. The minimum atomic E-state index is -4.03. The van der Waals surface area contributed by atoms with E-state index in [1.54, 1.807) is 0 Å². The van der Waals surface area contributed by atoms with Crippen LogP contribution in [0.5, 0.6) is 0 Å². The van der Waals surface area contributed by atoms with Gasteiger partial charge in [-0.1, -0.05) is 6.42 Å². The summed E-state index contributed by atoms with van der Waals surface area (Å²) in [6.45, 7) is 4.30. The van der Waals surface area contributed by atoms with Gasteiger partial charge in [-0.05, 0) is 70.3 Å². The Kier molecular flexibility index (Phi) is 3.96. The van der Waals surface area contributed by atoms with Crippen molar-refractivity contribution in [2.75, 3.05) is 0 Å². The number of hydrogen-bond acceptors (Lipinski definition) is 1. The molecule has 3 atom stereocenters. The number of fused-ring (bicyclic) bond motifs is 1. The second kappa shape index (κ2) is 5.77. The minimum absolute atomic E-state index is 0.209. The van der Waals surface area contributed by atoms with Crippen LogP contribution in [0.25, 0.3) is 0 Å². The van der Waals surface area contributed by atoms with Crippen LogP contribution < -0.4 is 0 Å². The molecule has 1 aromatic rings. The van der Waals surface area contributed by atoms with E-state index in [1.165, 1.54) is 25.0 Å². The Morgan fingerprint density at radius 3 is 2.21 bits per heavy atom. The van der Waals surface area contributed by atoms with Crippen LogP contribution in [-0.4, -0.2) is 16.0 Å². The van der Waals surface area contributed by atoms with E-state index in [1.807, 2.05) is 0 Å². The Morgan fingerprint density at radius 2 is 1.67 bits per heavy atom. The van der Waals surface area contributed by atoms with Crippen LogP contribution >= 0.6 is 0 Å². The van der Waals surface area contributed by atoms with E-state index in [9.17, 15) is 13.2 Å². The topological polar surface area (TPSA) is 17.8 Å². The van der Waals surface area contributed by atoms with Crippen molar-refractivity contribution in [3.05, 3.63) is 17.5 Å². The molecule has 3 saturated carbocycles. The van der Waals surface area contributed by atoms with Crippen LogP contribution in [0, 0.1) is 17.8 Å². The van der Waals surface area contributed by atoms with Gasteiger partial charge in [-0.2, -0.15) is 18.3 Å². The second-order valence-electron chi connectivity index (χ2n) is 8.41. The van der Waals surface area contributed by atoms with Crippen molar-refractivity contribution in [2.24, 2.45) is 17.8 Å². The maximum atomic E-state index is 12.9. The van der Waals surface area contributed by atoms with Gasteiger partial charge in [0.2, 0.25) is 0 Å². The number of aromatic nitrogens is 2. The Morgan fingerprint density at radius 1 is 1.04 bits per heavy atom. The molecule has 3 aliphatic carbocycles. The molecule has 0 amide bonds. The second-order valence-corrected chi connectivity index (χ2v) is 8.41. The van der Waals surface area contributed by atoms with E-state index in [2.05, 4.69) is 24.6 Å². The molecule has 0 N–H and O–H groups in total. The predicted molar refractivity (Wildman–Crippen MR) is 86.9 cm³/mol. The highest BCUT2D eigenvalue weighted by molar-refractivity contribution is 5.28. The number of halogens is 3. The van der Waals surface area contributed by atoms with Crippen molar-refractivity contribution in [1.82, 2.24) is 9.78 Å². The molecule has 0 aromatic carbocycles. The van der Waals surface area contributed by atoms with E-state index in [-0.39, 0.29) is 18.8 Å². The molecule has 24 heavy (non-hydrogen) atoms. The summed E-state index contributed by atoms with van der Waals surface area (Å²) in [5, 5.41) is 4.84. The molecule has 4 rings (SSSR count). The maximum Gasteiger partial charge on any atom is 0.391 e. The summed E-state index contributed by atoms with van der Waals surface area (Å²) >= 11 is 0. The molecular weight excluding hydrogens is 313 g/mol. The summed E-state index contributed by atoms with van der Waals surface area (Å²) < 4.78 is 40.8. The minimum Gasteiger partial charge on any atom is -0.267 e. The lowest BCUT2D eigenvalue weighted by Crippen LogP contribution is -2.27. The van der Waals surface area contributed by atoms with E-state index < -0.39 is 12.1 Å². The number of rotatable bonds is 3. The van der Waals surface area contributed by atoms with Gasteiger partial charge >= 0.3 is 6.18 Å². The number of alkyl halides is 3. The zero-order valence-electron chi connectivity index (χ0n) is 14.5. The fourth-order valence-electron chi connectivity index (χ4n) is 5.27. The molecule has 5 heteroatoms. The zero-order valence-corrected chi connectivity index (χ0v) is 14.5. The van der Waals surface area contributed by atoms with Crippen LogP contribution in [0.4, 0.5) is 13.2 Å². The number of hydrogen-bond donors (Lipinski definition) is 0. The van der Waals surface area contributed by atoms with Gasteiger partial charge in [0.25, 0.3) is 0 Å². The van der Waals surface area contributed by atoms with Gasteiger partial charge in [0.15, 0.2) is 0 Å². The van der Waals surface area contributed by atoms with Crippen molar-refractivity contribution < 1.29 is 13.2 Å². The van der Waals surface area contributed by atoms with Gasteiger partial charge in [0.1, 0.15) is 0 Å². The summed E-state index contributed by atoms with van der Waals surface area (Å²) in [5.41, 5.74) is 2.40. The monoisotopic (exact) mass is 340 g/mol. The van der Waals surface area contributed by atoms with Gasteiger partial charge in [0.05, 0.1) is 11.6 Å². The van der Waals surface area contributed by atoms with Crippen LogP contribution in [0.1, 0.15) is 88.1 Å². The summed E-state index contributed by atoms with van der Waals surface area (Å²) in [6.07, 6.45) is 1.76. The van der Waals surface area contributed by atoms with Crippen molar-refractivity contribution in [2.45, 2.75) is 82.8 Å². The largest absolute Gasteiger partial charge is 0.391 e. The normalized spacial score (nSPS) is 36.2. The molecule has 0 aliphatic heterocycles. The van der Waals surface area contributed by atoms with Crippen molar-refractivity contribution in [1.29, 1.82) is 0 Å². The average Bonchev–Trinajstić information content (AvgIpc) is 2.94. The maximum absolute atomic E-state index is 12.9. The van der Waals surface area contributed by atoms with Crippen molar-refractivity contribution >= 4 is 0 Å². The van der Waals surface area contributed by atoms with E-state index in [4.69, 9.17) is 5.10 Å². The molecule has 134 valence electrons.